The molecule has 0 saturated heterocycles. The van der Waals surface area contributed by atoms with Crippen molar-refractivity contribution >= 4 is 0 Å². The summed E-state index contributed by atoms with van der Waals surface area (Å²) in [5.41, 5.74) is 1.90. The van der Waals surface area contributed by atoms with Gasteiger partial charge in [0.25, 0.3) is 0 Å². The van der Waals surface area contributed by atoms with Gasteiger partial charge in [0.2, 0.25) is 0 Å². The highest BCUT2D eigenvalue weighted by molar-refractivity contribution is 5.30. The molecule has 0 spiro atoms. The van der Waals surface area contributed by atoms with Gasteiger partial charge in [0.1, 0.15) is 0 Å². The van der Waals surface area contributed by atoms with Crippen LogP contribution in [0.15, 0.2) is 24.3 Å². The normalized spacial score (nSPS) is 20.0. The van der Waals surface area contributed by atoms with E-state index in [0.29, 0.717) is 5.92 Å². The van der Waals surface area contributed by atoms with Crippen LogP contribution in [0.3, 0.4) is 0 Å². The Morgan fingerprint density at radius 2 is 1.81 bits per heavy atom. The number of rotatable bonds is 2. The number of hydrogen-bond donors (Lipinski definition) is 1. The first-order chi connectivity index (χ1) is 7.62. The summed E-state index contributed by atoms with van der Waals surface area (Å²) in [6, 6.07) is 8.50. The van der Waals surface area contributed by atoms with Crippen LogP contribution in [0.4, 0.5) is 0 Å². The smallest absolute Gasteiger partial charge is 0.0896 e. The van der Waals surface area contributed by atoms with Crippen LogP contribution in [0.1, 0.15) is 63.0 Å². The summed E-state index contributed by atoms with van der Waals surface area (Å²) < 4.78 is 0. The molecule has 0 amide bonds. The largest absolute Gasteiger partial charge is 0.385 e. The molecule has 1 aliphatic rings. The highest BCUT2D eigenvalue weighted by Gasteiger charge is 2.31. The molecule has 1 N–H and O–H groups in total. The Morgan fingerprint density at radius 3 is 2.44 bits per heavy atom. The van der Waals surface area contributed by atoms with Gasteiger partial charge in [-0.15, -0.1) is 0 Å². The van der Waals surface area contributed by atoms with Crippen LogP contribution in [-0.2, 0) is 5.60 Å². The highest BCUT2D eigenvalue weighted by Crippen LogP contribution is 2.37. The predicted molar refractivity (Wildman–Crippen MR) is 67.5 cm³/mol. The van der Waals surface area contributed by atoms with E-state index in [0.717, 1.165) is 31.2 Å². The molecule has 1 aliphatic carbocycles. The Labute approximate surface area is 98.5 Å². The van der Waals surface area contributed by atoms with Crippen LogP contribution in [-0.4, -0.2) is 5.11 Å². The van der Waals surface area contributed by atoms with Gasteiger partial charge in [0.15, 0.2) is 0 Å². The molecule has 0 aliphatic heterocycles. The van der Waals surface area contributed by atoms with Gasteiger partial charge < -0.3 is 5.11 Å². The average molecular weight is 218 g/mol. The minimum absolute atomic E-state index is 0.534. The molecule has 1 heteroatoms. The second-order valence-electron chi connectivity index (χ2n) is 5.37. The van der Waals surface area contributed by atoms with Crippen molar-refractivity contribution in [1.29, 1.82) is 0 Å². The maximum absolute atomic E-state index is 10.6. The van der Waals surface area contributed by atoms with E-state index in [9.17, 15) is 5.11 Å². The first-order valence-electron chi connectivity index (χ1n) is 6.45. The van der Waals surface area contributed by atoms with E-state index in [1.807, 2.05) is 0 Å². The first-order valence-corrected chi connectivity index (χ1v) is 6.45. The van der Waals surface area contributed by atoms with Gasteiger partial charge in [-0.2, -0.15) is 0 Å². The van der Waals surface area contributed by atoms with Crippen molar-refractivity contribution in [3.05, 3.63) is 35.4 Å². The molecule has 0 atom stereocenters. The van der Waals surface area contributed by atoms with E-state index in [1.54, 1.807) is 0 Å². The Morgan fingerprint density at radius 1 is 1.12 bits per heavy atom. The van der Waals surface area contributed by atoms with Gasteiger partial charge in [-0.1, -0.05) is 57.4 Å². The van der Waals surface area contributed by atoms with Crippen molar-refractivity contribution in [2.45, 2.75) is 57.5 Å². The van der Waals surface area contributed by atoms with Crippen molar-refractivity contribution in [2.24, 2.45) is 0 Å². The van der Waals surface area contributed by atoms with E-state index >= 15 is 0 Å². The molecule has 88 valence electrons. The van der Waals surface area contributed by atoms with Crippen molar-refractivity contribution < 1.29 is 5.11 Å². The molecule has 1 aromatic carbocycles. The third-order valence-electron chi connectivity index (χ3n) is 3.77. The summed E-state index contributed by atoms with van der Waals surface area (Å²) in [4.78, 5) is 0. The number of benzene rings is 1. The molecular formula is C15H22O. The Kier molecular flexibility index (Phi) is 3.34. The van der Waals surface area contributed by atoms with Crippen LogP contribution >= 0.6 is 0 Å². The lowest BCUT2D eigenvalue weighted by Gasteiger charge is -2.33. The van der Waals surface area contributed by atoms with E-state index in [4.69, 9.17) is 0 Å². The van der Waals surface area contributed by atoms with Crippen LogP contribution in [0.2, 0.25) is 0 Å². The molecule has 0 heterocycles. The topological polar surface area (TPSA) is 20.2 Å². The Bertz CT molecular complexity index is 348. The maximum Gasteiger partial charge on any atom is 0.0896 e. The van der Waals surface area contributed by atoms with Gasteiger partial charge in [-0.25, -0.2) is 0 Å². The second kappa shape index (κ2) is 4.58. The minimum Gasteiger partial charge on any atom is -0.385 e. The number of aliphatic hydroxyl groups is 1. The zero-order valence-corrected chi connectivity index (χ0v) is 10.4. The SMILES string of the molecule is CC(C)c1cccc(C2(O)CCCCC2)c1. The van der Waals surface area contributed by atoms with E-state index in [2.05, 4.69) is 38.1 Å². The predicted octanol–water partition coefficient (Wildman–Crippen LogP) is 3.96. The summed E-state index contributed by atoms with van der Waals surface area (Å²) in [5.74, 6) is 0.534. The molecule has 2 rings (SSSR count). The quantitative estimate of drug-likeness (QED) is 0.796. The average Bonchev–Trinajstić information content (AvgIpc) is 2.30. The summed E-state index contributed by atoms with van der Waals surface area (Å²) in [7, 11) is 0. The Hall–Kier alpha value is -0.820. The zero-order chi connectivity index (χ0) is 11.6. The van der Waals surface area contributed by atoms with Gasteiger partial charge in [0.05, 0.1) is 5.60 Å². The monoisotopic (exact) mass is 218 g/mol. The maximum atomic E-state index is 10.6. The molecule has 0 unspecified atom stereocenters. The van der Waals surface area contributed by atoms with Gasteiger partial charge in [-0.05, 0) is 29.9 Å². The Balaban J connectivity index is 2.28. The second-order valence-corrected chi connectivity index (χ2v) is 5.37. The standard InChI is InChI=1S/C15H22O/c1-12(2)13-7-6-8-14(11-13)15(16)9-4-3-5-10-15/h6-8,11-12,16H,3-5,9-10H2,1-2H3. The molecule has 1 nitrogen and oxygen atoms in total. The molecule has 16 heavy (non-hydrogen) atoms. The van der Waals surface area contributed by atoms with Crippen molar-refractivity contribution in [3.63, 3.8) is 0 Å². The van der Waals surface area contributed by atoms with Crippen LogP contribution < -0.4 is 0 Å². The third kappa shape index (κ3) is 2.30. The first kappa shape index (κ1) is 11.7. The summed E-state index contributed by atoms with van der Waals surface area (Å²) >= 11 is 0. The molecular weight excluding hydrogens is 196 g/mol. The van der Waals surface area contributed by atoms with Crippen LogP contribution in [0.5, 0.6) is 0 Å². The fraction of sp³-hybridized carbons (Fsp3) is 0.600. The molecule has 0 radical (unpaired) electrons. The lowest BCUT2D eigenvalue weighted by molar-refractivity contribution is -0.000698. The summed E-state index contributed by atoms with van der Waals surface area (Å²) in [6.45, 7) is 4.40. The highest BCUT2D eigenvalue weighted by atomic mass is 16.3. The molecule has 0 bridgehead atoms. The van der Waals surface area contributed by atoms with Crippen molar-refractivity contribution in [2.75, 3.05) is 0 Å². The third-order valence-corrected chi connectivity index (χ3v) is 3.77. The van der Waals surface area contributed by atoms with E-state index in [-0.39, 0.29) is 0 Å². The van der Waals surface area contributed by atoms with Crippen LogP contribution in [0, 0.1) is 0 Å². The van der Waals surface area contributed by atoms with Gasteiger partial charge in [0, 0.05) is 0 Å². The van der Waals surface area contributed by atoms with E-state index < -0.39 is 5.60 Å². The fourth-order valence-corrected chi connectivity index (χ4v) is 2.61. The molecule has 1 saturated carbocycles. The number of hydrogen-bond acceptors (Lipinski definition) is 1. The van der Waals surface area contributed by atoms with Gasteiger partial charge >= 0.3 is 0 Å². The summed E-state index contributed by atoms with van der Waals surface area (Å²) in [6.07, 6.45) is 5.43. The van der Waals surface area contributed by atoms with Crippen molar-refractivity contribution in [1.82, 2.24) is 0 Å². The van der Waals surface area contributed by atoms with E-state index in [1.165, 1.54) is 12.0 Å². The molecule has 1 aromatic rings. The fourth-order valence-electron chi connectivity index (χ4n) is 2.61. The van der Waals surface area contributed by atoms with Crippen LogP contribution in [0.25, 0.3) is 0 Å². The van der Waals surface area contributed by atoms with Gasteiger partial charge in [-0.3, -0.25) is 0 Å². The lowest BCUT2D eigenvalue weighted by Crippen LogP contribution is -2.28. The lowest BCUT2D eigenvalue weighted by atomic mass is 9.79. The summed E-state index contributed by atoms with van der Waals surface area (Å²) in [5, 5.41) is 10.6. The minimum atomic E-state index is -0.552. The molecule has 1 fully saturated rings. The van der Waals surface area contributed by atoms with Crippen molar-refractivity contribution in [3.8, 4) is 0 Å². The zero-order valence-electron chi connectivity index (χ0n) is 10.4. The molecule has 0 aromatic heterocycles.